The Balaban J connectivity index is 1.37. The molecule has 9 heteroatoms. The average molecular weight is 500 g/mol. The van der Waals surface area contributed by atoms with Gasteiger partial charge in [0.05, 0.1) is 17.7 Å². The van der Waals surface area contributed by atoms with E-state index in [9.17, 15) is 9.59 Å². The van der Waals surface area contributed by atoms with E-state index < -0.39 is 0 Å². The molecule has 1 saturated heterocycles. The lowest BCUT2D eigenvalue weighted by atomic mass is 10.1. The van der Waals surface area contributed by atoms with Crippen LogP contribution in [0.3, 0.4) is 0 Å². The van der Waals surface area contributed by atoms with Crippen LogP contribution >= 0.6 is 0 Å². The number of ether oxygens (including phenoxy) is 2. The van der Waals surface area contributed by atoms with Gasteiger partial charge in [-0.25, -0.2) is 9.48 Å². The number of carbonyl (C=O) groups excluding carboxylic acids is 2. The highest BCUT2D eigenvalue weighted by Crippen LogP contribution is 2.33. The van der Waals surface area contributed by atoms with Gasteiger partial charge in [0, 0.05) is 37.8 Å². The summed E-state index contributed by atoms with van der Waals surface area (Å²) in [6.45, 7) is 5.72. The van der Waals surface area contributed by atoms with Crippen LogP contribution in [-0.4, -0.2) is 76.0 Å². The molecule has 37 heavy (non-hydrogen) atoms. The molecule has 190 valence electrons. The van der Waals surface area contributed by atoms with Crippen LogP contribution < -0.4 is 4.74 Å². The molecule has 2 amide bonds. The highest BCUT2D eigenvalue weighted by molar-refractivity contribution is 5.95. The van der Waals surface area contributed by atoms with E-state index in [0.29, 0.717) is 44.3 Å². The summed E-state index contributed by atoms with van der Waals surface area (Å²) in [5.74, 6) is 0.213. The van der Waals surface area contributed by atoms with Crippen molar-refractivity contribution in [2.24, 2.45) is 0 Å². The molecule has 0 radical (unpaired) electrons. The quantitative estimate of drug-likeness (QED) is 0.397. The molecule has 2 aromatic heterocycles. The van der Waals surface area contributed by atoms with Gasteiger partial charge in [0.15, 0.2) is 12.3 Å². The standard InChI is InChI=1S/C28H29N5O4/c1-3-36-28(35)32-16-14-31(15-17-32)24(34)19-37-23-18-20(2)25-26(21-10-6-4-7-11-21)30-33(27(25)29-23)22-12-8-5-9-13-22/h4-13,18H,3,14-17,19H2,1-2H3. The zero-order valence-corrected chi connectivity index (χ0v) is 21.0. The van der Waals surface area contributed by atoms with Crippen molar-refractivity contribution in [2.75, 3.05) is 39.4 Å². The lowest BCUT2D eigenvalue weighted by Gasteiger charge is -2.33. The maximum Gasteiger partial charge on any atom is 0.409 e. The van der Waals surface area contributed by atoms with Gasteiger partial charge in [0.2, 0.25) is 5.88 Å². The van der Waals surface area contributed by atoms with Crippen molar-refractivity contribution in [3.63, 3.8) is 0 Å². The summed E-state index contributed by atoms with van der Waals surface area (Å²) in [6.07, 6.45) is -0.344. The number of pyridine rings is 1. The van der Waals surface area contributed by atoms with Gasteiger partial charge in [-0.2, -0.15) is 10.1 Å². The van der Waals surface area contributed by atoms with Crippen LogP contribution in [0.5, 0.6) is 5.88 Å². The number of amides is 2. The Morgan fingerprint density at radius 3 is 2.24 bits per heavy atom. The van der Waals surface area contributed by atoms with Crippen molar-refractivity contribution in [3.05, 3.63) is 72.3 Å². The molecule has 0 bridgehead atoms. The highest BCUT2D eigenvalue weighted by atomic mass is 16.6. The number of aryl methyl sites for hydroxylation is 1. The van der Waals surface area contributed by atoms with Crippen LogP contribution in [0.4, 0.5) is 4.79 Å². The van der Waals surface area contributed by atoms with E-state index in [0.717, 1.165) is 27.9 Å². The second kappa shape index (κ2) is 10.7. The number of carbonyl (C=O) groups is 2. The van der Waals surface area contributed by atoms with Crippen LogP contribution in [0, 0.1) is 6.92 Å². The van der Waals surface area contributed by atoms with E-state index in [4.69, 9.17) is 19.6 Å². The molecule has 3 heterocycles. The summed E-state index contributed by atoms with van der Waals surface area (Å²) in [6, 6.07) is 21.7. The number of piperazine rings is 1. The second-order valence-electron chi connectivity index (χ2n) is 8.79. The van der Waals surface area contributed by atoms with E-state index in [2.05, 4.69) is 0 Å². The summed E-state index contributed by atoms with van der Waals surface area (Å²) in [4.78, 5) is 32.8. The van der Waals surface area contributed by atoms with E-state index in [1.807, 2.05) is 78.3 Å². The second-order valence-corrected chi connectivity index (χ2v) is 8.79. The Labute approximate surface area is 215 Å². The average Bonchev–Trinajstić information content (AvgIpc) is 3.33. The number of hydrogen-bond donors (Lipinski definition) is 0. The Morgan fingerprint density at radius 2 is 1.57 bits per heavy atom. The number of hydrogen-bond acceptors (Lipinski definition) is 6. The van der Waals surface area contributed by atoms with Gasteiger partial charge in [0.25, 0.3) is 5.91 Å². The van der Waals surface area contributed by atoms with Crippen molar-refractivity contribution < 1.29 is 19.1 Å². The minimum atomic E-state index is -0.344. The van der Waals surface area contributed by atoms with Crippen molar-refractivity contribution in [1.82, 2.24) is 24.6 Å². The number of aromatic nitrogens is 3. The van der Waals surface area contributed by atoms with Crippen molar-refractivity contribution in [3.8, 4) is 22.8 Å². The first-order valence-electron chi connectivity index (χ1n) is 12.4. The fraction of sp³-hybridized carbons (Fsp3) is 0.286. The van der Waals surface area contributed by atoms with Gasteiger partial charge >= 0.3 is 6.09 Å². The predicted octanol–water partition coefficient (Wildman–Crippen LogP) is 4.08. The van der Waals surface area contributed by atoms with Crippen LogP contribution in [0.1, 0.15) is 12.5 Å². The van der Waals surface area contributed by atoms with Crippen molar-refractivity contribution in [2.45, 2.75) is 13.8 Å². The molecule has 5 rings (SSSR count). The molecule has 4 aromatic rings. The van der Waals surface area contributed by atoms with Crippen molar-refractivity contribution >= 4 is 23.0 Å². The van der Waals surface area contributed by atoms with E-state index in [-0.39, 0.29) is 18.6 Å². The third-order valence-corrected chi connectivity index (χ3v) is 6.36. The Bertz CT molecular complexity index is 1400. The van der Waals surface area contributed by atoms with Crippen LogP contribution in [0.15, 0.2) is 66.7 Å². The van der Waals surface area contributed by atoms with Crippen LogP contribution in [0.2, 0.25) is 0 Å². The fourth-order valence-corrected chi connectivity index (χ4v) is 4.47. The van der Waals surface area contributed by atoms with E-state index in [1.54, 1.807) is 16.7 Å². The number of nitrogens with zero attached hydrogens (tertiary/aromatic N) is 5. The first kappa shape index (κ1) is 24.3. The maximum atomic E-state index is 12.8. The fourth-order valence-electron chi connectivity index (χ4n) is 4.47. The summed E-state index contributed by atoms with van der Waals surface area (Å²) < 4.78 is 12.7. The third-order valence-electron chi connectivity index (χ3n) is 6.36. The largest absolute Gasteiger partial charge is 0.467 e. The molecule has 0 N–H and O–H groups in total. The van der Waals surface area contributed by atoms with Gasteiger partial charge in [0.1, 0.15) is 5.69 Å². The van der Waals surface area contributed by atoms with Crippen molar-refractivity contribution in [1.29, 1.82) is 0 Å². The topological polar surface area (TPSA) is 89.8 Å². The first-order valence-corrected chi connectivity index (χ1v) is 12.4. The zero-order valence-electron chi connectivity index (χ0n) is 21.0. The molecule has 0 unspecified atom stereocenters. The normalized spacial score (nSPS) is 13.6. The zero-order chi connectivity index (χ0) is 25.8. The molecule has 1 aliphatic rings. The van der Waals surface area contributed by atoms with Gasteiger partial charge in [-0.05, 0) is 31.5 Å². The molecular formula is C28H29N5O4. The number of rotatable bonds is 6. The molecular weight excluding hydrogens is 470 g/mol. The number of fused-ring (bicyclic) bond motifs is 1. The molecule has 0 spiro atoms. The molecule has 9 nitrogen and oxygen atoms in total. The van der Waals surface area contributed by atoms with Gasteiger partial charge < -0.3 is 19.3 Å². The third kappa shape index (κ3) is 5.11. The van der Waals surface area contributed by atoms with E-state index >= 15 is 0 Å². The Morgan fingerprint density at radius 1 is 0.919 bits per heavy atom. The summed E-state index contributed by atoms with van der Waals surface area (Å²) in [7, 11) is 0. The summed E-state index contributed by atoms with van der Waals surface area (Å²) in [5, 5.41) is 5.85. The van der Waals surface area contributed by atoms with Gasteiger partial charge in [-0.1, -0.05) is 48.5 Å². The van der Waals surface area contributed by atoms with Gasteiger partial charge in [-0.15, -0.1) is 0 Å². The monoisotopic (exact) mass is 499 g/mol. The van der Waals surface area contributed by atoms with Crippen LogP contribution in [-0.2, 0) is 9.53 Å². The molecule has 2 aromatic carbocycles. The van der Waals surface area contributed by atoms with E-state index in [1.165, 1.54) is 0 Å². The summed E-state index contributed by atoms with van der Waals surface area (Å²) >= 11 is 0. The Kier molecular flexibility index (Phi) is 7.02. The molecule has 0 aliphatic carbocycles. The molecule has 0 saturated carbocycles. The maximum absolute atomic E-state index is 12.8. The smallest absolute Gasteiger partial charge is 0.409 e. The predicted molar refractivity (Wildman–Crippen MR) is 140 cm³/mol. The lowest BCUT2D eigenvalue weighted by molar-refractivity contribution is -0.135. The summed E-state index contributed by atoms with van der Waals surface area (Å²) in [5.41, 5.74) is 4.34. The molecule has 1 aliphatic heterocycles. The van der Waals surface area contributed by atoms with Gasteiger partial charge in [-0.3, -0.25) is 4.79 Å². The van der Waals surface area contributed by atoms with Crippen LogP contribution in [0.25, 0.3) is 28.0 Å². The first-order chi connectivity index (χ1) is 18.0. The number of benzene rings is 2. The molecule has 0 atom stereocenters. The Hall–Kier alpha value is -4.40. The highest BCUT2D eigenvalue weighted by Gasteiger charge is 2.25. The lowest BCUT2D eigenvalue weighted by Crippen LogP contribution is -2.51. The SMILES string of the molecule is CCOC(=O)N1CCN(C(=O)COc2cc(C)c3c(-c4ccccc4)nn(-c4ccccc4)c3n2)CC1. The minimum Gasteiger partial charge on any atom is -0.467 e. The number of para-hydroxylation sites is 1. The molecule has 1 fully saturated rings. The minimum absolute atomic E-state index is 0.137.